The molecule has 148 valence electrons. The smallest absolute Gasteiger partial charge is 0.257 e. The van der Waals surface area contributed by atoms with E-state index in [-0.39, 0.29) is 11.9 Å². The maximum absolute atomic E-state index is 13.1. The second kappa shape index (κ2) is 8.17. The Bertz CT molecular complexity index is 987. The molecule has 3 aromatic rings. The normalized spacial score (nSPS) is 14.9. The highest BCUT2D eigenvalue weighted by Crippen LogP contribution is 2.29. The standard InChI is InChI=1S/C22H29N5O/c1-2-3-4-9-14-27-20(23)18(22(28)24-15-10-5-6-11-15)19-21(27)26-17-13-8-7-12-16(17)25-19/h7-8,12-13,15H,2-6,9-11,14,23H2,1H3,(H,24,28). The SMILES string of the molecule is CCCCCCn1c(N)c(C(=O)NC2CCCC2)c2nc3ccccc3nc21. The number of carbonyl (C=O) groups is 1. The van der Waals surface area contributed by atoms with Crippen LogP contribution in [0.2, 0.25) is 0 Å². The van der Waals surface area contributed by atoms with Gasteiger partial charge in [0.15, 0.2) is 5.65 Å². The highest BCUT2D eigenvalue weighted by molar-refractivity contribution is 6.10. The van der Waals surface area contributed by atoms with Gasteiger partial charge in [0.25, 0.3) is 5.91 Å². The van der Waals surface area contributed by atoms with Crippen molar-refractivity contribution in [3.05, 3.63) is 29.8 Å². The van der Waals surface area contributed by atoms with Crippen molar-refractivity contribution in [2.24, 2.45) is 0 Å². The summed E-state index contributed by atoms with van der Waals surface area (Å²) in [5.41, 5.74) is 9.91. The summed E-state index contributed by atoms with van der Waals surface area (Å²) in [5.74, 6) is 0.364. The van der Waals surface area contributed by atoms with E-state index in [0.29, 0.717) is 22.5 Å². The molecule has 0 aliphatic heterocycles. The number of nitrogen functional groups attached to an aromatic ring is 1. The zero-order chi connectivity index (χ0) is 19.5. The zero-order valence-electron chi connectivity index (χ0n) is 16.6. The van der Waals surface area contributed by atoms with E-state index in [0.717, 1.165) is 43.3 Å². The fraction of sp³-hybridized carbons (Fsp3) is 0.500. The maximum Gasteiger partial charge on any atom is 0.257 e. The first-order valence-corrected chi connectivity index (χ1v) is 10.5. The molecule has 4 rings (SSSR count). The molecule has 0 saturated heterocycles. The van der Waals surface area contributed by atoms with Crippen LogP contribution in [-0.4, -0.2) is 26.5 Å². The van der Waals surface area contributed by atoms with Crippen LogP contribution < -0.4 is 11.1 Å². The number of para-hydroxylation sites is 2. The van der Waals surface area contributed by atoms with E-state index < -0.39 is 0 Å². The van der Waals surface area contributed by atoms with Gasteiger partial charge in [-0.1, -0.05) is 51.2 Å². The number of aryl methyl sites for hydroxylation is 1. The summed E-state index contributed by atoms with van der Waals surface area (Å²) in [7, 11) is 0. The number of nitrogens with zero attached hydrogens (tertiary/aromatic N) is 3. The Balaban J connectivity index is 1.76. The molecule has 1 aliphatic rings. The van der Waals surface area contributed by atoms with Crippen molar-refractivity contribution in [1.82, 2.24) is 19.9 Å². The molecular weight excluding hydrogens is 350 g/mol. The van der Waals surface area contributed by atoms with Crippen LogP contribution in [0.15, 0.2) is 24.3 Å². The fourth-order valence-corrected chi connectivity index (χ4v) is 4.19. The minimum Gasteiger partial charge on any atom is -0.384 e. The van der Waals surface area contributed by atoms with Crippen molar-refractivity contribution in [3.8, 4) is 0 Å². The summed E-state index contributed by atoms with van der Waals surface area (Å²) in [6.07, 6.45) is 8.95. The van der Waals surface area contributed by atoms with Crippen LogP contribution in [0.4, 0.5) is 5.82 Å². The predicted octanol–water partition coefficient (Wildman–Crippen LogP) is 4.42. The molecule has 28 heavy (non-hydrogen) atoms. The monoisotopic (exact) mass is 379 g/mol. The van der Waals surface area contributed by atoms with Crippen LogP contribution >= 0.6 is 0 Å². The lowest BCUT2D eigenvalue weighted by Gasteiger charge is -2.12. The Hall–Kier alpha value is -2.63. The van der Waals surface area contributed by atoms with Crippen molar-refractivity contribution in [1.29, 1.82) is 0 Å². The third kappa shape index (κ3) is 3.55. The van der Waals surface area contributed by atoms with Crippen molar-refractivity contribution >= 4 is 33.9 Å². The average Bonchev–Trinajstić information content (AvgIpc) is 3.29. The largest absolute Gasteiger partial charge is 0.384 e. The molecule has 1 aromatic carbocycles. The number of amides is 1. The first kappa shape index (κ1) is 18.7. The Morgan fingerprint density at radius 2 is 1.86 bits per heavy atom. The molecule has 2 heterocycles. The van der Waals surface area contributed by atoms with Gasteiger partial charge < -0.3 is 15.6 Å². The third-order valence-corrected chi connectivity index (χ3v) is 5.74. The van der Waals surface area contributed by atoms with Crippen molar-refractivity contribution in [3.63, 3.8) is 0 Å². The quantitative estimate of drug-likeness (QED) is 0.595. The second-order valence-corrected chi connectivity index (χ2v) is 7.81. The van der Waals surface area contributed by atoms with Crippen molar-refractivity contribution in [2.75, 3.05) is 5.73 Å². The van der Waals surface area contributed by atoms with Gasteiger partial charge in [-0.2, -0.15) is 0 Å². The minimum absolute atomic E-state index is 0.119. The lowest BCUT2D eigenvalue weighted by Crippen LogP contribution is -2.33. The van der Waals surface area contributed by atoms with E-state index in [2.05, 4.69) is 12.2 Å². The Morgan fingerprint density at radius 1 is 1.14 bits per heavy atom. The molecule has 0 unspecified atom stereocenters. The molecule has 0 spiro atoms. The summed E-state index contributed by atoms with van der Waals surface area (Å²) in [4.78, 5) is 22.7. The molecule has 1 fully saturated rings. The van der Waals surface area contributed by atoms with Gasteiger partial charge in [0.05, 0.1) is 11.0 Å². The molecular formula is C22H29N5O. The highest BCUT2D eigenvalue weighted by Gasteiger charge is 2.26. The van der Waals surface area contributed by atoms with Crippen LogP contribution in [0.25, 0.3) is 22.2 Å². The van der Waals surface area contributed by atoms with Crippen LogP contribution in [0.3, 0.4) is 0 Å². The molecule has 2 aromatic heterocycles. The number of fused-ring (bicyclic) bond motifs is 2. The molecule has 0 radical (unpaired) electrons. The number of carbonyl (C=O) groups excluding carboxylic acids is 1. The molecule has 6 heteroatoms. The molecule has 0 atom stereocenters. The van der Waals surface area contributed by atoms with Crippen LogP contribution in [0, 0.1) is 0 Å². The summed E-state index contributed by atoms with van der Waals surface area (Å²) >= 11 is 0. The zero-order valence-corrected chi connectivity index (χ0v) is 16.6. The molecule has 3 N–H and O–H groups in total. The molecule has 0 bridgehead atoms. The number of hydrogen-bond donors (Lipinski definition) is 2. The minimum atomic E-state index is -0.119. The lowest BCUT2D eigenvalue weighted by atomic mass is 10.2. The number of hydrogen-bond acceptors (Lipinski definition) is 4. The van der Waals surface area contributed by atoms with E-state index in [9.17, 15) is 4.79 Å². The van der Waals surface area contributed by atoms with Gasteiger partial charge in [-0.15, -0.1) is 0 Å². The number of nitrogens with two attached hydrogens (primary N) is 1. The first-order chi connectivity index (χ1) is 13.7. The van der Waals surface area contributed by atoms with Crippen LogP contribution in [0.1, 0.15) is 68.6 Å². The van der Waals surface area contributed by atoms with Gasteiger partial charge in [-0.05, 0) is 31.4 Å². The summed E-state index contributed by atoms with van der Waals surface area (Å²) in [6.45, 7) is 2.95. The van der Waals surface area contributed by atoms with Gasteiger partial charge in [-0.25, -0.2) is 9.97 Å². The number of benzene rings is 1. The van der Waals surface area contributed by atoms with Gasteiger partial charge in [0.2, 0.25) is 0 Å². The molecule has 1 aliphatic carbocycles. The van der Waals surface area contributed by atoms with Crippen molar-refractivity contribution < 1.29 is 4.79 Å². The molecule has 1 saturated carbocycles. The van der Waals surface area contributed by atoms with E-state index in [1.54, 1.807) is 0 Å². The summed E-state index contributed by atoms with van der Waals surface area (Å²) in [5, 5.41) is 3.17. The number of aromatic nitrogens is 3. The van der Waals surface area contributed by atoms with Gasteiger partial charge in [0, 0.05) is 12.6 Å². The van der Waals surface area contributed by atoms with E-state index in [1.807, 2.05) is 28.8 Å². The first-order valence-electron chi connectivity index (χ1n) is 10.5. The maximum atomic E-state index is 13.1. The van der Waals surface area contributed by atoms with E-state index >= 15 is 0 Å². The Kier molecular flexibility index (Phi) is 5.46. The van der Waals surface area contributed by atoms with E-state index in [1.165, 1.54) is 25.7 Å². The molecule has 6 nitrogen and oxygen atoms in total. The van der Waals surface area contributed by atoms with Gasteiger partial charge >= 0.3 is 0 Å². The van der Waals surface area contributed by atoms with Crippen LogP contribution in [-0.2, 0) is 6.54 Å². The topological polar surface area (TPSA) is 85.8 Å². The Morgan fingerprint density at radius 3 is 2.57 bits per heavy atom. The summed E-state index contributed by atoms with van der Waals surface area (Å²) < 4.78 is 1.98. The fourth-order valence-electron chi connectivity index (χ4n) is 4.19. The summed E-state index contributed by atoms with van der Waals surface area (Å²) in [6, 6.07) is 8.00. The van der Waals surface area contributed by atoms with Crippen molar-refractivity contribution in [2.45, 2.75) is 70.9 Å². The predicted molar refractivity (Wildman–Crippen MR) is 113 cm³/mol. The van der Waals surface area contributed by atoms with Crippen LogP contribution in [0.5, 0.6) is 0 Å². The highest BCUT2D eigenvalue weighted by atomic mass is 16.1. The Labute approximate surface area is 165 Å². The second-order valence-electron chi connectivity index (χ2n) is 7.81. The number of rotatable bonds is 7. The van der Waals surface area contributed by atoms with Gasteiger partial charge in [-0.3, -0.25) is 4.79 Å². The number of nitrogens with one attached hydrogen (secondary N) is 1. The van der Waals surface area contributed by atoms with E-state index in [4.69, 9.17) is 15.7 Å². The third-order valence-electron chi connectivity index (χ3n) is 5.74. The number of unbranched alkanes of at least 4 members (excludes halogenated alkanes) is 3. The average molecular weight is 380 g/mol. The number of anilines is 1. The van der Waals surface area contributed by atoms with Gasteiger partial charge in [0.1, 0.15) is 16.9 Å². The lowest BCUT2D eigenvalue weighted by molar-refractivity contribution is 0.0940. The molecule has 1 amide bonds.